The van der Waals surface area contributed by atoms with Crippen molar-refractivity contribution in [2.24, 2.45) is 0 Å². The SMILES string of the molecule is O=C(Cc1ccccc1)N1CCN(Cc2csc(-c3ccc(Cl)cc3)n2)CC1. The van der Waals surface area contributed by atoms with Gasteiger partial charge in [-0.25, -0.2) is 4.98 Å². The molecule has 1 aliphatic rings. The van der Waals surface area contributed by atoms with Crippen molar-refractivity contribution >= 4 is 28.8 Å². The fourth-order valence-electron chi connectivity index (χ4n) is 3.37. The first-order valence-corrected chi connectivity index (χ1v) is 10.7. The summed E-state index contributed by atoms with van der Waals surface area (Å²) in [7, 11) is 0. The summed E-state index contributed by atoms with van der Waals surface area (Å²) in [5, 5.41) is 3.88. The van der Waals surface area contributed by atoms with Gasteiger partial charge >= 0.3 is 0 Å². The van der Waals surface area contributed by atoms with Crippen LogP contribution >= 0.6 is 22.9 Å². The lowest BCUT2D eigenvalue weighted by Gasteiger charge is -2.34. The molecule has 0 N–H and O–H groups in total. The van der Waals surface area contributed by atoms with Crippen molar-refractivity contribution in [3.63, 3.8) is 0 Å². The number of rotatable bonds is 5. The summed E-state index contributed by atoms with van der Waals surface area (Å²) in [4.78, 5) is 21.6. The van der Waals surface area contributed by atoms with Crippen molar-refractivity contribution in [3.05, 3.63) is 76.3 Å². The smallest absolute Gasteiger partial charge is 0.227 e. The third-order valence-corrected chi connectivity index (χ3v) is 6.14. The van der Waals surface area contributed by atoms with Gasteiger partial charge in [-0.2, -0.15) is 0 Å². The number of nitrogens with zero attached hydrogens (tertiary/aromatic N) is 3. The normalized spacial score (nSPS) is 15.0. The monoisotopic (exact) mass is 411 g/mol. The van der Waals surface area contributed by atoms with Crippen molar-refractivity contribution in [2.75, 3.05) is 26.2 Å². The molecular formula is C22H22ClN3OS. The lowest BCUT2D eigenvalue weighted by Crippen LogP contribution is -2.48. The van der Waals surface area contributed by atoms with E-state index < -0.39 is 0 Å². The Kier molecular flexibility index (Phi) is 6.05. The van der Waals surface area contributed by atoms with E-state index in [4.69, 9.17) is 16.6 Å². The average molecular weight is 412 g/mol. The second kappa shape index (κ2) is 8.86. The standard InChI is InChI=1S/C22H22ClN3OS/c23-19-8-6-18(7-9-19)22-24-20(16-28-22)15-25-10-12-26(13-11-25)21(27)14-17-4-2-1-3-5-17/h1-9,16H,10-15H2. The molecule has 0 aliphatic carbocycles. The first kappa shape index (κ1) is 19.1. The molecule has 1 fully saturated rings. The van der Waals surface area contributed by atoms with Gasteiger partial charge in [0.2, 0.25) is 5.91 Å². The van der Waals surface area contributed by atoms with Crippen molar-refractivity contribution in [3.8, 4) is 10.6 Å². The van der Waals surface area contributed by atoms with E-state index in [9.17, 15) is 4.79 Å². The Labute approximate surface area is 174 Å². The van der Waals surface area contributed by atoms with Crippen LogP contribution in [-0.4, -0.2) is 46.9 Å². The number of hydrogen-bond acceptors (Lipinski definition) is 4. The highest BCUT2D eigenvalue weighted by Crippen LogP contribution is 2.25. The van der Waals surface area contributed by atoms with Gasteiger partial charge in [0.05, 0.1) is 12.1 Å². The zero-order chi connectivity index (χ0) is 19.3. The predicted octanol–water partition coefficient (Wildman–Crippen LogP) is 4.35. The molecular weight excluding hydrogens is 390 g/mol. The molecule has 3 aromatic rings. The van der Waals surface area contributed by atoms with E-state index in [1.807, 2.05) is 59.5 Å². The second-order valence-corrected chi connectivity index (χ2v) is 8.26. The van der Waals surface area contributed by atoms with Gasteiger partial charge in [0.25, 0.3) is 0 Å². The minimum Gasteiger partial charge on any atom is -0.340 e. The van der Waals surface area contributed by atoms with Crippen LogP contribution in [0.25, 0.3) is 10.6 Å². The molecule has 4 rings (SSSR count). The maximum absolute atomic E-state index is 12.5. The Bertz CT molecular complexity index is 918. The van der Waals surface area contributed by atoms with E-state index >= 15 is 0 Å². The zero-order valence-electron chi connectivity index (χ0n) is 15.6. The number of hydrogen-bond donors (Lipinski definition) is 0. The number of thiazole rings is 1. The largest absolute Gasteiger partial charge is 0.340 e. The Morgan fingerprint density at radius 3 is 2.43 bits per heavy atom. The van der Waals surface area contributed by atoms with Gasteiger partial charge in [0.15, 0.2) is 0 Å². The first-order chi connectivity index (χ1) is 13.7. The van der Waals surface area contributed by atoms with Crippen LogP contribution in [0.4, 0.5) is 0 Å². The fraction of sp³-hybridized carbons (Fsp3) is 0.273. The van der Waals surface area contributed by atoms with E-state index in [-0.39, 0.29) is 5.91 Å². The van der Waals surface area contributed by atoms with Crippen molar-refractivity contribution in [2.45, 2.75) is 13.0 Å². The van der Waals surface area contributed by atoms with Crippen LogP contribution in [-0.2, 0) is 17.8 Å². The van der Waals surface area contributed by atoms with Crippen LogP contribution < -0.4 is 0 Å². The molecule has 1 amide bonds. The third-order valence-electron chi connectivity index (χ3n) is 4.95. The Balaban J connectivity index is 1.29. The summed E-state index contributed by atoms with van der Waals surface area (Å²) in [5.41, 5.74) is 3.25. The molecule has 0 saturated carbocycles. The van der Waals surface area contributed by atoms with Gasteiger partial charge in [-0.15, -0.1) is 11.3 Å². The van der Waals surface area contributed by atoms with Crippen LogP contribution in [0.1, 0.15) is 11.3 Å². The number of aromatic nitrogens is 1. The maximum Gasteiger partial charge on any atom is 0.227 e. The summed E-state index contributed by atoms with van der Waals surface area (Å²) in [6.07, 6.45) is 0.484. The highest BCUT2D eigenvalue weighted by molar-refractivity contribution is 7.13. The van der Waals surface area contributed by atoms with Crippen molar-refractivity contribution in [1.82, 2.24) is 14.8 Å². The highest BCUT2D eigenvalue weighted by atomic mass is 35.5. The topological polar surface area (TPSA) is 36.4 Å². The van der Waals surface area contributed by atoms with Crippen LogP contribution in [0.2, 0.25) is 5.02 Å². The van der Waals surface area contributed by atoms with E-state index in [1.54, 1.807) is 11.3 Å². The summed E-state index contributed by atoms with van der Waals surface area (Å²) in [5.74, 6) is 0.213. The highest BCUT2D eigenvalue weighted by Gasteiger charge is 2.21. The molecule has 1 aromatic heterocycles. The number of carbonyl (C=O) groups excluding carboxylic acids is 1. The van der Waals surface area contributed by atoms with Gasteiger partial charge in [-0.05, 0) is 17.7 Å². The molecule has 2 heterocycles. The van der Waals surface area contributed by atoms with E-state index in [1.165, 1.54) is 0 Å². The third kappa shape index (κ3) is 4.79. The van der Waals surface area contributed by atoms with Gasteiger partial charge in [-0.3, -0.25) is 9.69 Å². The summed E-state index contributed by atoms with van der Waals surface area (Å²) >= 11 is 7.62. The predicted molar refractivity (Wildman–Crippen MR) is 115 cm³/mol. The Morgan fingerprint density at radius 2 is 1.71 bits per heavy atom. The summed E-state index contributed by atoms with van der Waals surface area (Å²) in [6.45, 7) is 4.15. The molecule has 0 unspecified atom stereocenters. The number of halogens is 1. The molecule has 0 atom stereocenters. The van der Waals surface area contributed by atoms with Gasteiger partial charge < -0.3 is 4.90 Å². The van der Waals surface area contributed by atoms with E-state index in [0.717, 1.165) is 59.6 Å². The lowest BCUT2D eigenvalue weighted by molar-refractivity contribution is -0.132. The molecule has 2 aromatic carbocycles. The molecule has 0 spiro atoms. The quantitative estimate of drug-likeness (QED) is 0.626. The Morgan fingerprint density at radius 1 is 1.00 bits per heavy atom. The molecule has 6 heteroatoms. The number of amides is 1. The minimum atomic E-state index is 0.213. The van der Waals surface area contributed by atoms with E-state index in [0.29, 0.717) is 6.42 Å². The molecule has 28 heavy (non-hydrogen) atoms. The lowest BCUT2D eigenvalue weighted by atomic mass is 10.1. The van der Waals surface area contributed by atoms with Crippen LogP contribution in [0.5, 0.6) is 0 Å². The molecule has 1 saturated heterocycles. The fourth-order valence-corrected chi connectivity index (χ4v) is 4.31. The van der Waals surface area contributed by atoms with Crippen molar-refractivity contribution < 1.29 is 4.79 Å². The molecule has 1 aliphatic heterocycles. The number of benzene rings is 2. The average Bonchev–Trinajstić information content (AvgIpc) is 3.18. The van der Waals surface area contributed by atoms with Gasteiger partial charge in [0.1, 0.15) is 5.01 Å². The summed E-state index contributed by atoms with van der Waals surface area (Å²) in [6, 6.07) is 17.7. The second-order valence-electron chi connectivity index (χ2n) is 6.97. The zero-order valence-corrected chi connectivity index (χ0v) is 17.1. The van der Waals surface area contributed by atoms with Crippen LogP contribution in [0.15, 0.2) is 60.0 Å². The molecule has 4 nitrogen and oxygen atoms in total. The molecule has 144 valence electrons. The maximum atomic E-state index is 12.5. The first-order valence-electron chi connectivity index (χ1n) is 9.42. The molecule has 0 bridgehead atoms. The van der Waals surface area contributed by atoms with Crippen LogP contribution in [0, 0.1) is 0 Å². The van der Waals surface area contributed by atoms with Gasteiger partial charge in [0, 0.05) is 48.7 Å². The van der Waals surface area contributed by atoms with Gasteiger partial charge in [-0.1, -0.05) is 54.1 Å². The van der Waals surface area contributed by atoms with E-state index in [2.05, 4.69) is 10.3 Å². The van der Waals surface area contributed by atoms with Crippen LogP contribution in [0.3, 0.4) is 0 Å². The number of carbonyl (C=O) groups is 1. The van der Waals surface area contributed by atoms with Crippen molar-refractivity contribution in [1.29, 1.82) is 0 Å². The summed E-state index contributed by atoms with van der Waals surface area (Å²) < 4.78 is 0. The Hall–Kier alpha value is -2.21. The minimum absolute atomic E-state index is 0.213. The molecule has 0 radical (unpaired) electrons. The number of piperazine rings is 1.